The first-order chi connectivity index (χ1) is 8.17. The lowest BCUT2D eigenvalue weighted by Crippen LogP contribution is -2.24. The Morgan fingerprint density at radius 3 is 3.00 bits per heavy atom. The van der Waals surface area contributed by atoms with Crippen molar-refractivity contribution < 1.29 is 9.53 Å². The second kappa shape index (κ2) is 4.69. The first kappa shape index (κ1) is 11.8. The number of aromatic nitrogens is 2. The number of hydrogen-bond acceptors (Lipinski definition) is 4. The van der Waals surface area contributed by atoms with Crippen LogP contribution in [-0.2, 0) is 4.74 Å². The Balaban J connectivity index is 2.23. The molecule has 0 N–H and O–H groups in total. The molecule has 2 rings (SSSR count). The molecule has 0 saturated heterocycles. The lowest BCUT2D eigenvalue weighted by molar-refractivity contribution is 0.0590. The minimum atomic E-state index is -0.508. The van der Waals surface area contributed by atoms with Crippen LogP contribution in [0.15, 0.2) is 16.9 Å². The van der Waals surface area contributed by atoms with Gasteiger partial charge >= 0.3 is 5.97 Å². The van der Waals surface area contributed by atoms with Crippen LogP contribution in [-0.4, -0.2) is 22.9 Å². The average Bonchev–Trinajstić information content (AvgIpc) is 3.08. The van der Waals surface area contributed by atoms with Crippen molar-refractivity contribution in [3.8, 4) is 0 Å². The van der Waals surface area contributed by atoms with Gasteiger partial charge in [-0.15, -0.1) is 0 Å². The van der Waals surface area contributed by atoms with E-state index in [4.69, 9.17) is 0 Å². The third kappa shape index (κ3) is 2.38. The molecule has 2 unspecified atom stereocenters. The number of rotatable bonds is 4. The normalized spacial score (nSPS) is 22.2. The minimum Gasteiger partial charge on any atom is -0.464 e. The van der Waals surface area contributed by atoms with Crippen LogP contribution >= 0.6 is 0 Å². The molecule has 1 aromatic rings. The molecule has 1 aromatic heterocycles. The SMILES string of the molecule is CCCC1CC1n1nc(C(=O)OC)ccc1=O. The molecule has 17 heavy (non-hydrogen) atoms. The van der Waals surface area contributed by atoms with Gasteiger partial charge in [0.05, 0.1) is 13.2 Å². The van der Waals surface area contributed by atoms with E-state index in [1.807, 2.05) is 0 Å². The maximum Gasteiger partial charge on any atom is 0.358 e. The molecule has 1 heterocycles. The van der Waals surface area contributed by atoms with Crippen molar-refractivity contribution in [1.29, 1.82) is 0 Å². The van der Waals surface area contributed by atoms with E-state index >= 15 is 0 Å². The van der Waals surface area contributed by atoms with E-state index in [0.29, 0.717) is 5.92 Å². The van der Waals surface area contributed by atoms with E-state index in [9.17, 15) is 9.59 Å². The third-order valence-electron chi connectivity index (χ3n) is 3.08. The van der Waals surface area contributed by atoms with Gasteiger partial charge in [-0.25, -0.2) is 9.48 Å². The summed E-state index contributed by atoms with van der Waals surface area (Å²) in [6, 6.07) is 2.94. The fraction of sp³-hybridized carbons (Fsp3) is 0.583. The van der Waals surface area contributed by atoms with Crippen molar-refractivity contribution in [2.24, 2.45) is 5.92 Å². The number of ether oxygens (including phenoxy) is 1. The molecular formula is C12H16N2O3. The number of esters is 1. The summed E-state index contributed by atoms with van der Waals surface area (Å²) in [5, 5.41) is 4.07. The van der Waals surface area contributed by atoms with Crippen LogP contribution in [0, 0.1) is 5.92 Å². The van der Waals surface area contributed by atoms with Gasteiger partial charge in [0.15, 0.2) is 5.69 Å². The summed E-state index contributed by atoms with van der Waals surface area (Å²) < 4.78 is 6.01. The minimum absolute atomic E-state index is 0.152. The van der Waals surface area contributed by atoms with Crippen LogP contribution in [0.3, 0.4) is 0 Å². The van der Waals surface area contributed by atoms with Gasteiger partial charge in [0.1, 0.15) is 0 Å². The zero-order valence-corrected chi connectivity index (χ0v) is 10.0. The Labute approximate surface area is 99.4 Å². The monoisotopic (exact) mass is 236 g/mol. The fourth-order valence-electron chi connectivity index (χ4n) is 2.09. The summed E-state index contributed by atoms with van der Waals surface area (Å²) in [5.74, 6) is 0.0181. The maximum atomic E-state index is 11.7. The van der Waals surface area contributed by atoms with Gasteiger partial charge in [0.25, 0.3) is 5.56 Å². The van der Waals surface area contributed by atoms with Crippen LogP contribution in [0.1, 0.15) is 42.7 Å². The Morgan fingerprint density at radius 2 is 2.35 bits per heavy atom. The van der Waals surface area contributed by atoms with Gasteiger partial charge in [-0.2, -0.15) is 5.10 Å². The molecule has 0 amide bonds. The molecule has 5 nitrogen and oxygen atoms in total. The van der Waals surface area contributed by atoms with Crippen molar-refractivity contribution in [2.75, 3.05) is 7.11 Å². The molecule has 0 aliphatic heterocycles. The van der Waals surface area contributed by atoms with E-state index in [0.717, 1.165) is 19.3 Å². The highest BCUT2D eigenvalue weighted by atomic mass is 16.5. The predicted octanol–water partition coefficient (Wildman–Crippen LogP) is 1.39. The third-order valence-corrected chi connectivity index (χ3v) is 3.08. The molecule has 0 radical (unpaired) electrons. The Morgan fingerprint density at radius 1 is 1.59 bits per heavy atom. The number of hydrogen-bond donors (Lipinski definition) is 0. The highest BCUT2D eigenvalue weighted by Gasteiger charge is 2.39. The van der Waals surface area contributed by atoms with Gasteiger partial charge in [0, 0.05) is 6.07 Å². The standard InChI is InChI=1S/C12H16N2O3/c1-3-4-8-7-10(8)14-11(15)6-5-9(13-14)12(16)17-2/h5-6,8,10H,3-4,7H2,1-2H3. The van der Waals surface area contributed by atoms with Crippen molar-refractivity contribution >= 4 is 5.97 Å². The van der Waals surface area contributed by atoms with E-state index in [-0.39, 0.29) is 17.3 Å². The van der Waals surface area contributed by atoms with Crippen molar-refractivity contribution in [2.45, 2.75) is 32.2 Å². The van der Waals surface area contributed by atoms with Crippen LogP contribution < -0.4 is 5.56 Å². The summed E-state index contributed by atoms with van der Waals surface area (Å²) in [5.41, 5.74) is 0.0375. The number of methoxy groups -OCH3 is 1. The average molecular weight is 236 g/mol. The molecular weight excluding hydrogens is 220 g/mol. The molecule has 5 heteroatoms. The lowest BCUT2D eigenvalue weighted by atomic mass is 10.2. The zero-order chi connectivity index (χ0) is 12.4. The van der Waals surface area contributed by atoms with Gasteiger partial charge in [0.2, 0.25) is 0 Å². The first-order valence-electron chi connectivity index (χ1n) is 5.85. The summed E-state index contributed by atoms with van der Waals surface area (Å²) >= 11 is 0. The molecule has 1 fully saturated rings. The number of carbonyl (C=O) groups excluding carboxylic acids is 1. The largest absolute Gasteiger partial charge is 0.464 e. The second-order valence-corrected chi connectivity index (χ2v) is 4.34. The predicted molar refractivity (Wildman–Crippen MR) is 61.9 cm³/mol. The number of carbonyl (C=O) groups is 1. The fourth-order valence-corrected chi connectivity index (χ4v) is 2.09. The summed E-state index contributed by atoms with van der Waals surface area (Å²) in [6.07, 6.45) is 3.18. The van der Waals surface area contributed by atoms with Crippen LogP contribution in [0.5, 0.6) is 0 Å². The van der Waals surface area contributed by atoms with Gasteiger partial charge < -0.3 is 4.74 Å². The van der Waals surface area contributed by atoms with Crippen molar-refractivity contribution in [1.82, 2.24) is 9.78 Å². The molecule has 2 atom stereocenters. The molecule has 1 aliphatic rings. The Hall–Kier alpha value is -1.65. The van der Waals surface area contributed by atoms with E-state index in [1.54, 1.807) is 0 Å². The van der Waals surface area contributed by atoms with Gasteiger partial charge in [-0.05, 0) is 24.8 Å². The number of nitrogens with zero attached hydrogens (tertiary/aromatic N) is 2. The first-order valence-corrected chi connectivity index (χ1v) is 5.85. The maximum absolute atomic E-state index is 11.7. The van der Waals surface area contributed by atoms with Gasteiger partial charge in [-0.1, -0.05) is 13.3 Å². The molecule has 1 saturated carbocycles. The summed E-state index contributed by atoms with van der Waals surface area (Å²) in [4.78, 5) is 23.0. The molecule has 92 valence electrons. The highest BCUT2D eigenvalue weighted by molar-refractivity contribution is 5.86. The van der Waals surface area contributed by atoms with E-state index < -0.39 is 5.97 Å². The Bertz CT molecular complexity index is 481. The van der Waals surface area contributed by atoms with E-state index in [2.05, 4.69) is 16.8 Å². The summed E-state index contributed by atoms with van der Waals surface area (Å²) in [6.45, 7) is 2.12. The van der Waals surface area contributed by atoms with Crippen molar-refractivity contribution in [3.05, 3.63) is 28.2 Å². The Kier molecular flexibility index (Phi) is 3.26. The second-order valence-electron chi connectivity index (χ2n) is 4.34. The molecule has 0 spiro atoms. The molecule has 0 aromatic carbocycles. The van der Waals surface area contributed by atoms with Crippen molar-refractivity contribution in [3.63, 3.8) is 0 Å². The smallest absolute Gasteiger partial charge is 0.358 e. The van der Waals surface area contributed by atoms with Crippen LogP contribution in [0.25, 0.3) is 0 Å². The van der Waals surface area contributed by atoms with E-state index in [1.165, 1.54) is 23.9 Å². The molecule has 1 aliphatic carbocycles. The quantitative estimate of drug-likeness (QED) is 0.741. The van der Waals surface area contributed by atoms with Gasteiger partial charge in [-0.3, -0.25) is 4.79 Å². The van der Waals surface area contributed by atoms with Crippen LogP contribution in [0.4, 0.5) is 0 Å². The zero-order valence-electron chi connectivity index (χ0n) is 10.0. The molecule has 0 bridgehead atoms. The van der Waals surface area contributed by atoms with Crippen LogP contribution in [0.2, 0.25) is 0 Å². The topological polar surface area (TPSA) is 61.2 Å². The summed E-state index contributed by atoms with van der Waals surface area (Å²) in [7, 11) is 1.30. The highest BCUT2D eigenvalue weighted by Crippen LogP contribution is 2.44. The lowest BCUT2D eigenvalue weighted by Gasteiger charge is -2.05.